The van der Waals surface area contributed by atoms with Gasteiger partial charge in [0.1, 0.15) is 17.7 Å². The number of nitriles is 2. The third-order valence-electron chi connectivity index (χ3n) is 2.67. The van der Waals surface area contributed by atoms with Crippen molar-refractivity contribution in [2.45, 2.75) is 6.42 Å². The first-order chi connectivity index (χ1) is 7.85. The molecule has 1 fully saturated rings. The molecule has 3 nitrogen and oxygen atoms in total. The summed E-state index contributed by atoms with van der Waals surface area (Å²) in [5.41, 5.74) is 2.20. The molecule has 0 unspecified atom stereocenters. The van der Waals surface area contributed by atoms with E-state index in [-0.39, 0.29) is 5.57 Å². The van der Waals surface area contributed by atoms with Gasteiger partial charge in [-0.3, -0.25) is 0 Å². The highest BCUT2D eigenvalue weighted by molar-refractivity contribution is 5.73. The molecule has 1 heterocycles. The second kappa shape index (κ2) is 4.51. The Morgan fingerprint density at radius 2 is 1.88 bits per heavy atom. The van der Waals surface area contributed by atoms with Gasteiger partial charge in [-0.2, -0.15) is 10.5 Å². The van der Waals surface area contributed by atoms with E-state index >= 15 is 0 Å². The number of anilines is 1. The lowest BCUT2D eigenvalue weighted by atomic mass is 10.1. The molecule has 3 heteroatoms. The Hall–Kier alpha value is -2.26. The van der Waals surface area contributed by atoms with Gasteiger partial charge in [-0.25, -0.2) is 0 Å². The summed E-state index contributed by atoms with van der Waals surface area (Å²) in [7, 11) is 0. The molecule has 0 aromatic heterocycles. The fraction of sp³-hybridized carbons (Fsp3) is 0.231. The van der Waals surface area contributed by atoms with Gasteiger partial charge in [0, 0.05) is 18.8 Å². The summed E-state index contributed by atoms with van der Waals surface area (Å²) in [4.78, 5) is 2.25. The lowest BCUT2D eigenvalue weighted by Gasteiger charge is -2.34. The van der Waals surface area contributed by atoms with Crippen molar-refractivity contribution >= 4 is 11.8 Å². The molecule has 0 spiro atoms. The fourth-order valence-electron chi connectivity index (χ4n) is 1.70. The summed E-state index contributed by atoms with van der Waals surface area (Å²) in [5.74, 6) is 0. The van der Waals surface area contributed by atoms with Crippen LogP contribution >= 0.6 is 0 Å². The molecule has 0 N–H and O–H groups in total. The molecule has 1 aliphatic rings. The van der Waals surface area contributed by atoms with Crippen molar-refractivity contribution in [2.75, 3.05) is 18.0 Å². The molecule has 2 rings (SSSR count). The maximum absolute atomic E-state index is 8.73. The monoisotopic (exact) mass is 209 g/mol. The summed E-state index contributed by atoms with van der Waals surface area (Å²) in [6, 6.07) is 11.6. The quantitative estimate of drug-likeness (QED) is 0.702. The van der Waals surface area contributed by atoms with Crippen molar-refractivity contribution in [2.24, 2.45) is 0 Å². The molecule has 16 heavy (non-hydrogen) atoms. The molecule has 1 saturated heterocycles. The standard InChI is InChI=1S/C13H11N3/c14-9-11(10-15)8-12-4-1-2-5-13(12)16-6-3-7-16/h1-2,4-5,8H,3,6-7H2. The molecule has 0 atom stereocenters. The van der Waals surface area contributed by atoms with E-state index in [2.05, 4.69) is 4.90 Å². The van der Waals surface area contributed by atoms with Gasteiger partial charge in [-0.15, -0.1) is 0 Å². The van der Waals surface area contributed by atoms with E-state index in [1.165, 1.54) is 6.42 Å². The van der Waals surface area contributed by atoms with E-state index in [9.17, 15) is 0 Å². The van der Waals surface area contributed by atoms with Crippen LogP contribution in [0.1, 0.15) is 12.0 Å². The predicted molar refractivity (Wildman–Crippen MR) is 62.5 cm³/mol. The molecular formula is C13H11N3. The fourth-order valence-corrected chi connectivity index (χ4v) is 1.70. The second-order valence-electron chi connectivity index (χ2n) is 3.68. The van der Waals surface area contributed by atoms with Crippen LogP contribution in [0.3, 0.4) is 0 Å². The van der Waals surface area contributed by atoms with Crippen LogP contribution < -0.4 is 4.90 Å². The van der Waals surface area contributed by atoms with Gasteiger partial charge in [-0.05, 0) is 24.1 Å². The zero-order valence-electron chi connectivity index (χ0n) is 8.85. The van der Waals surface area contributed by atoms with Crippen molar-refractivity contribution in [1.82, 2.24) is 0 Å². The van der Waals surface area contributed by atoms with Crippen molar-refractivity contribution in [3.63, 3.8) is 0 Å². The van der Waals surface area contributed by atoms with E-state index in [0.29, 0.717) is 0 Å². The molecule has 78 valence electrons. The van der Waals surface area contributed by atoms with Crippen LogP contribution in [0.2, 0.25) is 0 Å². The number of nitrogens with zero attached hydrogens (tertiary/aromatic N) is 3. The van der Waals surface area contributed by atoms with Gasteiger partial charge < -0.3 is 4.90 Å². The van der Waals surface area contributed by atoms with Crippen LogP contribution in [0.15, 0.2) is 29.8 Å². The van der Waals surface area contributed by atoms with Crippen molar-refractivity contribution in [3.8, 4) is 12.1 Å². The average Bonchev–Trinajstić information content (AvgIpc) is 2.25. The Balaban J connectivity index is 2.38. The molecule has 1 aromatic rings. The molecule has 0 saturated carbocycles. The van der Waals surface area contributed by atoms with Crippen molar-refractivity contribution < 1.29 is 0 Å². The molecule has 0 bridgehead atoms. The summed E-state index contributed by atoms with van der Waals surface area (Å²) < 4.78 is 0. The van der Waals surface area contributed by atoms with E-state index in [1.807, 2.05) is 36.4 Å². The first-order valence-electron chi connectivity index (χ1n) is 5.21. The minimum atomic E-state index is 0.146. The van der Waals surface area contributed by atoms with E-state index in [0.717, 1.165) is 24.3 Å². The third-order valence-corrected chi connectivity index (χ3v) is 2.67. The van der Waals surface area contributed by atoms with Gasteiger partial charge in [0.15, 0.2) is 0 Å². The van der Waals surface area contributed by atoms with Gasteiger partial charge in [-0.1, -0.05) is 18.2 Å². The molecule has 0 radical (unpaired) electrons. The number of para-hydroxylation sites is 1. The van der Waals surface area contributed by atoms with Crippen molar-refractivity contribution in [3.05, 3.63) is 35.4 Å². The minimum absolute atomic E-state index is 0.146. The molecule has 0 amide bonds. The SMILES string of the molecule is N#CC(C#N)=Cc1ccccc1N1CCC1. The maximum atomic E-state index is 8.73. The van der Waals surface area contributed by atoms with Gasteiger partial charge in [0.25, 0.3) is 0 Å². The summed E-state index contributed by atoms with van der Waals surface area (Å²) in [6.07, 6.45) is 2.86. The van der Waals surface area contributed by atoms with Gasteiger partial charge in [0.05, 0.1) is 0 Å². The molecular weight excluding hydrogens is 198 g/mol. The maximum Gasteiger partial charge on any atom is 0.130 e. The zero-order chi connectivity index (χ0) is 11.4. The first-order valence-corrected chi connectivity index (χ1v) is 5.21. The third kappa shape index (κ3) is 1.89. The number of allylic oxidation sites excluding steroid dienone is 1. The Bertz CT molecular complexity index is 483. The smallest absolute Gasteiger partial charge is 0.130 e. The highest BCUT2D eigenvalue weighted by Gasteiger charge is 2.16. The molecule has 1 aliphatic heterocycles. The second-order valence-corrected chi connectivity index (χ2v) is 3.68. The number of hydrogen-bond acceptors (Lipinski definition) is 3. The van der Waals surface area contributed by atoms with Crippen LogP contribution in [0.4, 0.5) is 5.69 Å². The highest BCUT2D eigenvalue weighted by Crippen LogP contribution is 2.26. The van der Waals surface area contributed by atoms with Crippen molar-refractivity contribution in [1.29, 1.82) is 10.5 Å². The number of benzene rings is 1. The minimum Gasteiger partial charge on any atom is -0.371 e. The Labute approximate surface area is 94.8 Å². The summed E-state index contributed by atoms with van der Waals surface area (Å²) in [6.45, 7) is 2.11. The highest BCUT2D eigenvalue weighted by atomic mass is 15.2. The summed E-state index contributed by atoms with van der Waals surface area (Å²) >= 11 is 0. The van der Waals surface area contributed by atoms with Crippen LogP contribution in [0.25, 0.3) is 6.08 Å². The lowest BCUT2D eigenvalue weighted by Crippen LogP contribution is -2.37. The molecule has 0 aliphatic carbocycles. The van der Waals surface area contributed by atoms with E-state index in [1.54, 1.807) is 6.08 Å². The Morgan fingerprint density at radius 1 is 1.19 bits per heavy atom. The van der Waals surface area contributed by atoms with Gasteiger partial charge >= 0.3 is 0 Å². The average molecular weight is 209 g/mol. The number of rotatable bonds is 2. The lowest BCUT2D eigenvalue weighted by molar-refractivity contribution is 0.617. The summed E-state index contributed by atoms with van der Waals surface area (Å²) in [5, 5.41) is 17.5. The normalized spacial score (nSPS) is 13.2. The van der Waals surface area contributed by atoms with Gasteiger partial charge in [0.2, 0.25) is 0 Å². The molecule has 1 aromatic carbocycles. The topological polar surface area (TPSA) is 50.8 Å². The van der Waals surface area contributed by atoms with Crippen LogP contribution in [0.5, 0.6) is 0 Å². The van der Waals surface area contributed by atoms with Crippen LogP contribution in [0, 0.1) is 22.7 Å². The predicted octanol–water partition coefficient (Wildman–Crippen LogP) is 2.33. The first kappa shape index (κ1) is 10.3. The largest absolute Gasteiger partial charge is 0.371 e. The van der Waals surface area contributed by atoms with Crippen LogP contribution in [-0.4, -0.2) is 13.1 Å². The Kier molecular flexibility index (Phi) is 2.89. The van der Waals surface area contributed by atoms with E-state index < -0.39 is 0 Å². The zero-order valence-corrected chi connectivity index (χ0v) is 8.85. The van der Waals surface area contributed by atoms with Crippen LogP contribution in [-0.2, 0) is 0 Å². The number of hydrogen-bond donors (Lipinski definition) is 0. The van der Waals surface area contributed by atoms with E-state index in [4.69, 9.17) is 10.5 Å². The Morgan fingerprint density at radius 3 is 2.44 bits per heavy atom.